The van der Waals surface area contributed by atoms with Crippen LogP contribution in [-0.4, -0.2) is 24.0 Å². The van der Waals surface area contributed by atoms with Crippen molar-refractivity contribution < 1.29 is 22.8 Å². The van der Waals surface area contributed by atoms with Crippen molar-refractivity contribution in [2.45, 2.75) is 63.7 Å². The zero-order chi connectivity index (χ0) is 21.7. The molecule has 1 aliphatic rings. The van der Waals surface area contributed by atoms with Crippen LogP contribution < -0.4 is 10.2 Å². The van der Waals surface area contributed by atoms with Gasteiger partial charge in [-0.15, -0.1) is 11.3 Å². The van der Waals surface area contributed by atoms with Gasteiger partial charge in [-0.1, -0.05) is 44.4 Å². The van der Waals surface area contributed by atoms with Crippen LogP contribution in [0.4, 0.5) is 18.9 Å². The minimum atomic E-state index is -5.11. The van der Waals surface area contributed by atoms with E-state index < -0.39 is 24.0 Å². The number of amides is 2. The first-order valence-corrected chi connectivity index (χ1v) is 11.0. The van der Waals surface area contributed by atoms with Gasteiger partial charge in [0.1, 0.15) is 0 Å². The molecule has 8 heteroatoms. The fraction of sp³-hybridized carbons (Fsp3) is 0.455. The van der Waals surface area contributed by atoms with E-state index in [1.54, 1.807) is 29.6 Å². The molecule has 0 spiro atoms. The molecule has 1 aliphatic carbocycles. The third-order valence-electron chi connectivity index (χ3n) is 5.35. The maximum absolute atomic E-state index is 13.5. The van der Waals surface area contributed by atoms with Crippen molar-refractivity contribution in [3.05, 3.63) is 52.2 Å². The Labute approximate surface area is 178 Å². The molecule has 1 atom stereocenters. The summed E-state index contributed by atoms with van der Waals surface area (Å²) in [6.45, 7) is 1.93. The van der Waals surface area contributed by atoms with Gasteiger partial charge < -0.3 is 5.32 Å². The maximum atomic E-state index is 13.5. The molecule has 1 heterocycles. The van der Waals surface area contributed by atoms with Crippen molar-refractivity contribution in [1.82, 2.24) is 5.32 Å². The number of benzene rings is 1. The Morgan fingerprint density at radius 1 is 1.13 bits per heavy atom. The molecule has 1 N–H and O–H groups in total. The number of carbonyl (C=O) groups excluding carboxylic acids is 2. The van der Waals surface area contributed by atoms with Crippen LogP contribution in [0.1, 0.15) is 55.5 Å². The normalized spacial score (nSPS) is 16.1. The van der Waals surface area contributed by atoms with Gasteiger partial charge in [-0.2, -0.15) is 13.2 Å². The first kappa shape index (κ1) is 22.3. The first-order valence-electron chi connectivity index (χ1n) is 10.1. The van der Waals surface area contributed by atoms with Crippen LogP contribution in [0.15, 0.2) is 41.8 Å². The van der Waals surface area contributed by atoms with Crippen LogP contribution in [0.2, 0.25) is 0 Å². The largest absolute Gasteiger partial charge is 0.471 e. The third-order valence-corrected chi connectivity index (χ3v) is 6.28. The average Bonchev–Trinajstić information content (AvgIpc) is 3.25. The molecule has 30 heavy (non-hydrogen) atoms. The second kappa shape index (κ2) is 9.64. The molecular weight excluding hydrogens is 413 g/mol. The summed E-state index contributed by atoms with van der Waals surface area (Å²) >= 11 is 1.16. The van der Waals surface area contributed by atoms with E-state index in [4.69, 9.17) is 0 Å². The molecule has 0 radical (unpaired) electrons. The van der Waals surface area contributed by atoms with Crippen molar-refractivity contribution in [3.8, 4) is 0 Å². The van der Waals surface area contributed by atoms with Gasteiger partial charge in [-0.25, -0.2) is 0 Å². The van der Waals surface area contributed by atoms with Gasteiger partial charge in [0.15, 0.2) is 6.04 Å². The van der Waals surface area contributed by atoms with Gasteiger partial charge in [-0.3, -0.25) is 14.5 Å². The summed E-state index contributed by atoms with van der Waals surface area (Å²) in [4.78, 5) is 26.7. The molecule has 1 aromatic heterocycles. The summed E-state index contributed by atoms with van der Waals surface area (Å²) in [6.07, 6.45) is 0.219. The van der Waals surface area contributed by atoms with Gasteiger partial charge in [0.25, 0.3) is 0 Å². The molecule has 1 fully saturated rings. The lowest BCUT2D eigenvalue weighted by molar-refractivity contribution is -0.171. The van der Waals surface area contributed by atoms with Crippen LogP contribution in [0, 0.1) is 0 Å². The molecule has 4 nitrogen and oxygen atoms in total. The molecule has 1 aromatic carbocycles. The van der Waals surface area contributed by atoms with E-state index in [-0.39, 0.29) is 11.7 Å². The zero-order valence-corrected chi connectivity index (χ0v) is 17.6. The highest BCUT2D eigenvalue weighted by atomic mass is 32.1. The predicted molar refractivity (Wildman–Crippen MR) is 111 cm³/mol. The first-order chi connectivity index (χ1) is 14.3. The highest BCUT2D eigenvalue weighted by molar-refractivity contribution is 7.10. The number of halogens is 3. The molecule has 0 unspecified atom stereocenters. The van der Waals surface area contributed by atoms with Gasteiger partial charge in [0.2, 0.25) is 5.91 Å². The van der Waals surface area contributed by atoms with E-state index in [0.29, 0.717) is 16.2 Å². The van der Waals surface area contributed by atoms with Crippen molar-refractivity contribution in [3.63, 3.8) is 0 Å². The average molecular weight is 439 g/mol. The number of thiophene rings is 1. The smallest absolute Gasteiger partial charge is 0.351 e. The zero-order valence-electron chi connectivity index (χ0n) is 16.7. The molecule has 2 aromatic rings. The van der Waals surface area contributed by atoms with E-state index >= 15 is 0 Å². The Balaban J connectivity index is 2.01. The molecule has 0 saturated heterocycles. The fourth-order valence-electron chi connectivity index (χ4n) is 3.76. The van der Waals surface area contributed by atoms with Crippen LogP contribution in [-0.2, 0) is 16.0 Å². The van der Waals surface area contributed by atoms with E-state index in [1.807, 2.05) is 6.92 Å². The second-order valence-corrected chi connectivity index (χ2v) is 8.43. The predicted octanol–water partition coefficient (Wildman–Crippen LogP) is 5.40. The molecule has 2 amide bonds. The minimum Gasteiger partial charge on any atom is -0.351 e. The summed E-state index contributed by atoms with van der Waals surface area (Å²) in [5.41, 5.74) is 0.976. The molecule has 3 rings (SSSR count). The number of aryl methyl sites for hydroxylation is 1. The van der Waals surface area contributed by atoms with Gasteiger partial charge in [0, 0.05) is 16.6 Å². The monoisotopic (exact) mass is 438 g/mol. The number of nitrogens with one attached hydrogen (secondary N) is 1. The van der Waals surface area contributed by atoms with Crippen LogP contribution >= 0.6 is 11.3 Å². The van der Waals surface area contributed by atoms with Crippen LogP contribution in [0.25, 0.3) is 0 Å². The summed E-state index contributed by atoms with van der Waals surface area (Å²) in [7, 11) is 0. The standard InChI is InChI=1S/C22H25F3N2O2S/c1-2-15-10-12-17(13-11-15)27(21(29)22(23,24)25)19(18-9-6-14-30-18)20(28)26-16-7-4-3-5-8-16/h6,9-14,16,19H,2-5,7-8H2,1H3,(H,26,28)/t19-/m0/s1. The number of hydrogen-bond donors (Lipinski definition) is 1. The SMILES string of the molecule is CCc1ccc(N(C(=O)C(F)(F)F)[C@H](C(=O)NC2CCCCC2)c2cccs2)cc1. The van der Waals surface area contributed by atoms with Crippen molar-refractivity contribution in [2.75, 3.05) is 4.90 Å². The third kappa shape index (κ3) is 5.22. The molecule has 162 valence electrons. The molecule has 0 bridgehead atoms. The number of rotatable bonds is 6. The van der Waals surface area contributed by atoms with Gasteiger partial charge in [0.05, 0.1) is 0 Å². The summed E-state index contributed by atoms with van der Waals surface area (Å²) < 4.78 is 40.6. The van der Waals surface area contributed by atoms with Crippen LogP contribution in [0.3, 0.4) is 0 Å². The van der Waals surface area contributed by atoms with Gasteiger partial charge in [-0.05, 0) is 48.4 Å². The Hall–Kier alpha value is -2.35. The Morgan fingerprint density at radius 3 is 2.33 bits per heavy atom. The van der Waals surface area contributed by atoms with E-state index in [2.05, 4.69) is 5.32 Å². The highest BCUT2D eigenvalue weighted by Gasteiger charge is 2.47. The molecule has 0 aliphatic heterocycles. The van der Waals surface area contributed by atoms with E-state index in [0.717, 1.165) is 49.0 Å². The number of alkyl halides is 3. The lowest BCUT2D eigenvalue weighted by atomic mass is 9.95. The van der Waals surface area contributed by atoms with Crippen molar-refractivity contribution in [2.24, 2.45) is 0 Å². The topological polar surface area (TPSA) is 49.4 Å². The number of carbonyl (C=O) groups is 2. The Kier molecular flexibility index (Phi) is 7.18. The maximum Gasteiger partial charge on any atom is 0.471 e. The van der Waals surface area contributed by atoms with E-state index in [9.17, 15) is 22.8 Å². The second-order valence-electron chi connectivity index (χ2n) is 7.45. The Bertz CT molecular complexity index is 844. The van der Waals surface area contributed by atoms with Crippen LogP contribution in [0.5, 0.6) is 0 Å². The molecule has 1 saturated carbocycles. The lowest BCUT2D eigenvalue weighted by Crippen LogP contribution is -2.50. The molecular formula is C22H25F3N2O2S. The van der Waals surface area contributed by atoms with E-state index in [1.165, 1.54) is 12.1 Å². The lowest BCUT2D eigenvalue weighted by Gasteiger charge is -2.33. The quantitative estimate of drug-likeness (QED) is 0.657. The number of anilines is 1. The van der Waals surface area contributed by atoms with Crippen molar-refractivity contribution in [1.29, 1.82) is 0 Å². The van der Waals surface area contributed by atoms with Crippen molar-refractivity contribution >= 4 is 28.8 Å². The Morgan fingerprint density at radius 2 is 1.80 bits per heavy atom. The fourth-order valence-corrected chi connectivity index (χ4v) is 4.57. The summed E-state index contributed by atoms with van der Waals surface area (Å²) in [5.74, 6) is -2.63. The van der Waals surface area contributed by atoms with Gasteiger partial charge >= 0.3 is 12.1 Å². The summed E-state index contributed by atoms with van der Waals surface area (Å²) in [6, 6.07) is 8.08. The number of hydrogen-bond acceptors (Lipinski definition) is 3. The summed E-state index contributed by atoms with van der Waals surface area (Å²) in [5, 5.41) is 4.58. The minimum absolute atomic E-state index is 0.0479. The number of nitrogens with zero attached hydrogens (tertiary/aromatic N) is 1. The highest BCUT2D eigenvalue weighted by Crippen LogP contribution is 2.35.